The number of nitrogens with zero attached hydrogens (tertiary/aromatic N) is 5. The van der Waals surface area contributed by atoms with Crippen molar-refractivity contribution in [1.82, 2.24) is 28.9 Å². The minimum Gasteiger partial charge on any atom is -0.335 e. The van der Waals surface area contributed by atoms with Crippen molar-refractivity contribution in [3.63, 3.8) is 0 Å². The van der Waals surface area contributed by atoms with Crippen molar-refractivity contribution in [3.05, 3.63) is 75.2 Å². The first-order chi connectivity index (χ1) is 14.5. The van der Waals surface area contributed by atoms with E-state index in [1.165, 1.54) is 0 Å². The van der Waals surface area contributed by atoms with Gasteiger partial charge in [-0.1, -0.05) is 19.1 Å². The zero-order chi connectivity index (χ0) is 21.0. The largest absolute Gasteiger partial charge is 0.335 e. The van der Waals surface area contributed by atoms with Gasteiger partial charge in [-0.25, -0.2) is 5.10 Å². The lowest BCUT2D eigenvalue weighted by molar-refractivity contribution is 0.772. The van der Waals surface area contributed by atoms with Crippen LogP contribution < -0.4 is 11.1 Å². The lowest BCUT2D eigenvalue weighted by Gasteiger charge is -2.08. The van der Waals surface area contributed by atoms with Crippen LogP contribution in [0.4, 0.5) is 0 Å². The summed E-state index contributed by atoms with van der Waals surface area (Å²) >= 11 is 0. The van der Waals surface area contributed by atoms with Crippen LogP contribution in [0.2, 0.25) is 0 Å². The molecule has 0 bridgehead atoms. The molecule has 1 aromatic carbocycles. The first-order valence-corrected chi connectivity index (χ1v) is 9.70. The third-order valence-electron chi connectivity index (χ3n) is 5.55. The third-order valence-corrected chi connectivity index (χ3v) is 5.55. The van der Waals surface area contributed by atoms with Crippen molar-refractivity contribution >= 4 is 16.4 Å². The molecule has 0 aliphatic carbocycles. The molecule has 0 amide bonds. The molecule has 8 nitrogen and oxygen atoms in total. The molecule has 150 valence electrons. The molecule has 0 radical (unpaired) electrons. The van der Waals surface area contributed by atoms with Gasteiger partial charge in [0.15, 0.2) is 0 Å². The number of hydrogen-bond donors (Lipinski definition) is 1. The molecule has 8 heteroatoms. The van der Waals surface area contributed by atoms with Crippen LogP contribution in [0.5, 0.6) is 0 Å². The minimum atomic E-state index is -0.208. The highest BCUT2D eigenvalue weighted by atomic mass is 16.1. The van der Waals surface area contributed by atoms with Crippen molar-refractivity contribution in [1.29, 1.82) is 0 Å². The Morgan fingerprint density at radius 2 is 1.90 bits per heavy atom. The van der Waals surface area contributed by atoms with Crippen molar-refractivity contribution in [3.8, 4) is 22.5 Å². The zero-order valence-corrected chi connectivity index (χ0v) is 16.9. The van der Waals surface area contributed by atoms with Gasteiger partial charge in [0.2, 0.25) is 0 Å². The molecule has 0 saturated heterocycles. The second-order valence-electron chi connectivity index (χ2n) is 7.33. The maximum Gasteiger partial charge on any atom is 0.272 e. The minimum absolute atomic E-state index is 0.0993. The van der Waals surface area contributed by atoms with Gasteiger partial charge >= 0.3 is 0 Å². The number of aryl methyl sites for hydroxylation is 3. The van der Waals surface area contributed by atoms with Gasteiger partial charge in [0.05, 0.1) is 28.7 Å². The molecule has 4 heterocycles. The summed E-state index contributed by atoms with van der Waals surface area (Å²) in [5, 5.41) is 12.7. The number of aromatic amines is 1. The summed E-state index contributed by atoms with van der Waals surface area (Å²) in [5.74, 6) is 0. The molecular weight excluding hydrogens is 380 g/mol. The number of pyridine rings is 1. The van der Waals surface area contributed by atoms with E-state index in [9.17, 15) is 9.59 Å². The molecule has 0 unspecified atom stereocenters. The molecule has 1 N–H and O–H groups in total. The van der Waals surface area contributed by atoms with E-state index in [2.05, 4.69) is 15.3 Å². The molecule has 0 aliphatic rings. The predicted octanol–water partition coefficient (Wildman–Crippen LogP) is 2.50. The first kappa shape index (κ1) is 18.1. The van der Waals surface area contributed by atoms with Gasteiger partial charge in [0.1, 0.15) is 5.65 Å². The molecule has 0 fully saturated rings. The number of nitrogens with one attached hydrogen (secondary N) is 1. The monoisotopic (exact) mass is 400 g/mol. The van der Waals surface area contributed by atoms with E-state index in [0.717, 1.165) is 39.2 Å². The van der Waals surface area contributed by atoms with Crippen LogP contribution in [0.25, 0.3) is 38.9 Å². The van der Waals surface area contributed by atoms with Crippen LogP contribution >= 0.6 is 0 Å². The summed E-state index contributed by atoms with van der Waals surface area (Å²) < 4.78 is 5.38. The molecule has 0 saturated carbocycles. The van der Waals surface area contributed by atoms with Gasteiger partial charge in [-0.3, -0.25) is 18.7 Å². The van der Waals surface area contributed by atoms with Crippen LogP contribution in [0, 0.1) is 0 Å². The quantitative estimate of drug-likeness (QED) is 0.504. The normalized spacial score (nSPS) is 11.6. The highest BCUT2D eigenvalue weighted by Crippen LogP contribution is 2.33. The summed E-state index contributed by atoms with van der Waals surface area (Å²) in [6.45, 7) is 2.00. The Morgan fingerprint density at radius 3 is 2.70 bits per heavy atom. The van der Waals surface area contributed by atoms with Crippen LogP contribution in [-0.2, 0) is 20.5 Å². The Bertz CT molecular complexity index is 1550. The average Bonchev–Trinajstić information content (AvgIpc) is 3.29. The molecule has 4 aromatic heterocycles. The fourth-order valence-electron chi connectivity index (χ4n) is 4.08. The topological polar surface area (TPSA) is 90.0 Å². The second kappa shape index (κ2) is 6.55. The van der Waals surface area contributed by atoms with Crippen molar-refractivity contribution in [2.45, 2.75) is 13.3 Å². The number of imidazole rings is 1. The molecule has 0 spiro atoms. The summed E-state index contributed by atoms with van der Waals surface area (Å²) in [7, 11) is 3.77. The Balaban J connectivity index is 1.81. The lowest BCUT2D eigenvalue weighted by atomic mass is 10.00. The van der Waals surface area contributed by atoms with Gasteiger partial charge in [-0.2, -0.15) is 10.2 Å². The van der Waals surface area contributed by atoms with Gasteiger partial charge in [0.25, 0.3) is 11.1 Å². The maximum absolute atomic E-state index is 12.6. The summed E-state index contributed by atoms with van der Waals surface area (Å²) in [6.07, 6.45) is 4.42. The SMILES string of the molecule is CCc1n[nH]c(=O)c2ccc(-c3cnn(C)c3-c3cn(C)c4cccc(=O)n34)cc12. The van der Waals surface area contributed by atoms with E-state index in [-0.39, 0.29) is 11.1 Å². The fraction of sp³-hybridized carbons (Fsp3) is 0.182. The predicted molar refractivity (Wildman–Crippen MR) is 116 cm³/mol. The van der Waals surface area contributed by atoms with Crippen molar-refractivity contribution in [2.24, 2.45) is 14.1 Å². The number of fused-ring (bicyclic) bond motifs is 2. The molecular formula is C22H20N6O2. The standard InChI is InChI=1S/C22H20N6O2/c1-4-17-15-10-13(8-9-14(15)22(30)25-24-17)16-11-23-27(3)21(16)18-12-26(2)19-6-5-7-20(29)28(18)19/h5-12H,4H2,1-3H3,(H,25,30). The number of hydrogen-bond acceptors (Lipinski definition) is 4. The molecule has 0 atom stereocenters. The Hall–Kier alpha value is -3.94. The Kier molecular flexibility index (Phi) is 3.95. The highest BCUT2D eigenvalue weighted by molar-refractivity contribution is 5.91. The van der Waals surface area contributed by atoms with E-state index in [0.29, 0.717) is 11.8 Å². The molecule has 5 rings (SSSR count). The lowest BCUT2D eigenvalue weighted by Crippen LogP contribution is -2.13. The van der Waals surface area contributed by atoms with E-state index in [4.69, 9.17) is 0 Å². The summed E-state index contributed by atoms with van der Waals surface area (Å²) in [4.78, 5) is 24.8. The van der Waals surface area contributed by atoms with Crippen LogP contribution in [0.1, 0.15) is 12.6 Å². The molecule has 5 aromatic rings. The molecule has 0 aliphatic heterocycles. The van der Waals surface area contributed by atoms with Crippen LogP contribution in [-0.4, -0.2) is 28.9 Å². The highest BCUT2D eigenvalue weighted by Gasteiger charge is 2.19. The van der Waals surface area contributed by atoms with E-state index >= 15 is 0 Å². The Morgan fingerprint density at radius 1 is 1.07 bits per heavy atom. The van der Waals surface area contributed by atoms with Crippen molar-refractivity contribution < 1.29 is 0 Å². The second-order valence-corrected chi connectivity index (χ2v) is 7.33. The van der Waals surface area contributed by atoms with Crippen LogP contribution in [0.15, 0.2) is 58.4 Å². The fourth-order valence-corrected chi connectivity index (χ4v) is 4.08. The maximum atomic E-state index is 12.6. The molecule has 30 heavy (non-hydrogen) atoms. The zero-order valence-electron chi connectivity index (χ0n) is 16.9. The van der Waals surface area contributed by atoms with E-state index < -0.39 is 0 Å². The number of H-pyrrole nitrogens is 1. The smallest absolute Gasteiger partial charge is 0.272 e. The first-order valence-electron chi connectivity index (χ1n) is 9.70. The number of benzene rings is 1. The van der Waals surface area contributed by atoms with Gasteiger partial charge in [-0.15, -0.1) is 0 Å². The summed E-state index contributed by atoms with van der Waals surface area (Å²) in [5.41, 5.74) is 4.69. The average molecular weight is 400 g/mol. The van der Waals surface area contributed by atoms with Gasteiger partial charge < -0.3 is 4.57 Å². The van der Waals surface area contributed by atoms with Crippen LogP contribution in [0.3, 0.4) is 0 Å². The number of aromatic nitrogens is 6. The Labute approximate surface area is 171 Å². The van der Waals surface area contributed by atoms with Crippen molar-refractivity contribution in [2.75, 3.05) is 0 Å². The number of rotatable bonds is 3. The van der Waals surface area contributed by atoms with E-state index in [1.54, 1.807) is 27.4 Å². The van der Waals surface area contributed by atoms with Gasteiger partial charge in [0, 0.05) is 37.3 Å². The third kappa shape index (κ3) is 2.53. The summed E-state index contributed by atoms with van der Waals surface area (Å²) in [6, 6.07) is 10.9. The van der Waals surface area contributed by atoms with Gasteiger partial charge in [-0.05, 0) is 30.2 Å². The van der Waals surface area contributed by atoms with E-state index in [1.807, 2.05) is 56.0 Å².